The quantitative estimate of drug-likeness (QED) is 0.350. The Morgan fingerprint density at radius 3 is 1.52 bits per heavy atom. The van der Waals surface area contributed by atoms with Gasteiger partial charge in [-0.15, -0.1) is 0 Å². The van der Waals surface area contributed by atoms with E-state index >= 15 is 0 Å². The van der Waals surface area contributed by atoms with Gasteiger partial charge in [-0.2, -0.15) is 0 Å². The minimum atomic E-state index is 0.369. The molecule has 2 fully saturated rings. The Morgan fingerprint density at radius 2 is 1.10 bits per heavy atom. The molecule has 0 amide bonds. The maximum absolute atomic E-state index is 5.75. The zero-order valence-electron chi connectivity index (χ0n) is 14.0. The molecule has 0 spiro atoms. The fraction of sp³-hybridized carbons (Fsp3) is 1.00. The van der Waals surface area contributed by atoms with Crippen LogP contribution in [0.25, 0.3) is 0 Å². The molecule has 0 radical (unpaired) electrons. The van der Waals surface area contributed by atoms with Crippen LogP contribution in [0.2, 0.25) is 0 Å². The highest BCUT2D eigenvalue weighted by molar-refractivity contribution is 4.87. The molecule has 3 nitrogen and oxygen atoms in total. The second kappa shape index (κ2) is 9.81. The summed E-state index contributed by atoms with van der Waals surface area (Å²) in [6.07, 6.45) is 14.7. The Kier molecular flexibility index (Phi) is 8.05. The smallest absolute Gasteiger partial charge is 0.107 e. The van der Waals surface area contributed by atoms with E-state index in [2.05, 4.69) is 13.8 Å². The average molecular weight is 298 g/mol. The first-order chi connectivity index (χ1) is 10.3. The zero-order chi connectivity index (χ0) is 14.9. The summed E-state index contributed by atoms with van der Waals surface area (Å²) >= 11 is 0. The molecule has 0 saturated carbocycles. The van der Waals surface area contributed by atoms with Gasteiger partial charge in [0.2, 0.25) is 0 Å². The van der Waals surface area contributed by atoms with Crippen molar-refractivity contribution in [2.24, 2.45) is 0 Å². The predicted octanol–water partition coefficient (Wildman–Crippen LogP) is 4.48. The van der Waals surface area contributed by atoms with Crippen molar-refractivity contribution >= 4 is 0 Å². The minimum absolute atomic E-state index is 0.369. The third kappa shape index (κ3) is 7.12. The molecule has 0 aromatic carbocycles. The van der Waals surface area contributed by atoms with Crippen molar-refractivity contribution in [1.29, 1.82) is 0 Å². The predicted molar refractivity (Wildman–Crippen MR) is 85.7 cm³/mol. The van der Waals surface area contributed by atoms with Crippen LogP contribution in [0.15, 0.2) is 0 Å². The summed E-state index contributed by atoms with van der Waals surface area (Å²) in [5, 5.41) is 0. The van der Waals surface area contributed by atoms with Gasteiger partial charge in [-0.3, -0.25) is 0 Å². The standard InChI is InChI=1S/C18H34O3/c1-3-5-7-9-11-15-17(20-15)13-19-14-18-16(21-18)12-10-8-6-4-2/h15-18H,3-14H2,1-2H3. The van der Waals surface area contributed by atoms with Gasteiger partial charge < -0.3 is 14.2 Å². The minimum Gasteiger partial charge on any atom is -0.376 e. The molecule has 0 aliphatic carbocycles. The van der Waals surface area contributed by atoms with Crippen LogP contribution < -0.4 is 0 Å². The highest BCUT2D eigenvalue weighted by Crippen LogP contribution is 2.30. The summed E-state index contributed by atoms with van der Waals surface area (Å²) in [4.78, 5) is 0. The summed E-state index contributed by atoms with van der Waals surface area (Å²) < 4.78 is 17.1. The van der Waals surface area contributed by atoms with Gasteiger partial charge in [0.1, 0.15) is 12.2 Å². The van der Waals surface area contributed by atoms with E-state index < -0.39 is 0 Å². The third-order valence-corrected chi connectivity index (χ3v) is 4.62. The van der Waals surface area contributed by atoms with E-state index in [1.165, 1.54) is 64.2 Å². The van der Waals surface area contributed by atoms with Gasteiger partial charge >= 0.3 is 0 Å². The first-order valence-electron chi connectivity index (χ1n) is 9.23. The maximum atomic E-state index is 5.75. The van der Waals surface area contributed by atoms with Gasteiger partial charge in [0, 0.05) is 0 Å². The van der Waals surface area contributed by atoms with Crippen LogP contribution in [-0.4, -0.2) is 37.6 Å². The number of hydrogen-bond acceptors (Lipinski definition) is 3. The molecule has 4 atom stereocenters. The lowest BCUT2D eigenvalue weighted by Gasteiger charge is -2.00. The van der Waals surface area contributed by atoms with Gasteiger partial charge in [0.25, 0.3) is 0 Å². The van der Waals surface area contributed by atoms with E-state index in [9.17, 15) is 0 Å². The molecular formula is C18H34O3. The van der Waals surface area contributed by atoms with Gasteiger partial charge in [0.15, 0.2) is 0 Å². The lowest BCUT2D eigenvalue weighted by Crippen LogP contribution is -2.10. The van der Waals surface area contributed by atoms with E-state index in [4.69, 9.17) is 14.2 Å². The molecule has 2 rings (SSSR count). The Bertz CT molecular complexity index is 243. The van der Waals surface area contributed by atoms with Crippen molar-refractivity contribution in [2.45, 2.75) is 102 Å². The Labute approximate surface area is 130 Å². The summed E-state index contributed by atoms with van der Waals surface area (Å²) in [5.41, 5.74) is 0. The molecule has 4 unspecified atom stereocenters. The zero-order valence-corrected chi connectivity index (χ0v) is 14.0. The lowest BCUT2D eigenvalue weighted by molar-refractivity contribution is 0.102. The first kappa shape index (κ1) is 17.2. The molecule has 21 heavy (non-hydrogen) atoms. The molecule has 2 aliphatic heterocycles. The number of rotatable bonds is 14. The summed E-state index contributed by atoms with van der Waals surface area (Å²) in [6.45, 7) is 6.03. The van der Waals surface area contributed by atoms with E-state index in [-0.39, 0.29) is 0 Å². The summed E-state index contributed by atoms with van der Waals surface area (Å²) in [6, 6.07) is 0. The number of unbranched alkanes of at least 4 members (excludes halogenated alkanes) is 6. The molecule has 0 aromatic rings. The summed E-state index contributed by atoms with van der Waals surface area (Å²) in [5.74, 6) is 0. The number of hydrogen-bond donors (Lipinski definition) is 0. The van der Waals surface area contributed by atoms with Crippen LogP contribution >= 0.6 is 0 Å². The SMILES string of the molecule is CCCCCCC1OC1COCC1OC1CCCCCC. The number of epoxide rings is 2. The molecular weight excluding hydrogens is 264 g/mol. The van der Waals surface area contributed by atoms with Crippen molar-refractivity contribution in [2.75, 3.05) is 13.2 Å². The van der Waals surface area contributed by atoms with Crippen LogP contribution in [0.5, 0.6) is 0 Å². The summed E-state index contributed by atoms with van der Waals surface area (Å²) in [7, 11) is 0. The van der Waals surface area contributed by atoms with E-state index in [1.807, 2.05) is 0 Å². The largest absolute Gasteiger partial charge is 0.376 e. The average Bonchev–Trinajstić information content (AvgIpc) is 3.39. The molecule has 2 heterocycles. The molecule has 124 valence electrons. The van der Waals surface area contributed by atoms with Crippen LogP contribution in [0.1, 0.15) is 78.1 Å². The second-order valence-electron chi connectivity index (χ2n) is 6.66. The molecule has 0 aromatic heterocycles. The first-order valence-corrected chi connectivity index (χ1v) is 9.23. The van der Waals surface area contributed by atoms with Crippen molar-refractivity contribution in [1.82, 2.24) is 0 Å². The normalized spacial score (nSPS) is 30.6. The Balaban J connectivity index is 1.35. The lowest BCUT2D eigenvalue weighted by atomic mass is 10.1. The van der Waals surface area contributed by atoms with E-state index in [1.54, 1.807) is 0 Å². The van der Waals surface area contributed by atoms with Gasteiger partial charge in [0.05, 0.1) is 25.4 Å². The number of ether oxygens (including phenoxy) is 3. The molecule has 2 aliphatic rings. The van der Waals surface area contributed by atoms with Crippen LogP contribution in [0.4, 0.5) is 0 Å². The van der Waals surface area contributed by atoms with Crippen molar-refractivity contribution in [3.05, 3.63) is 0 Å². The van der Waals surface area contributed by atoms with E-state index in [0.717, 1.165) is 13.2 Å². The van der Waals surface area contributed by atoms with Crippen LogP contribution in [0, 0.1) is 0 Å². The highest BCUT2D eigenvalue weighted by atomic mass is 16.6. The Hall–Kier alpha value is -0.120. The van der Waals surface area contributed by atoms with Crippen molar-refractivity contribution < 1.29 is 14.2 Å². The maximum Gasteiger partial charge on any atom is 0.107 e. The van der Waals surface area contributed by atoms with Crippen LogP contribution in [-0.2, 0) is 14.2 Å². The van der Waals surface area contributed by atoms with Crippen molar-refractivity contribution in [3.8, 4) is 0 Å². The van der Waals surface area contributed by atoms with Gasteiger partial charge in [-0.1, -0.05) is 65.2 Å². The molecule has 3 heteroatoms. The van der Waals surface area contributed by atoms with E-state index in [0.29, 0.717) is 24.4 Å². The molecule has 0 N–H and O–H groups in total. The highest BCUT2D eigenvalue weighted by Gasteiger charge is 2.41. The van der Waals surface area contributed by atoms with Crippen LogP contribution in [0.3, 0.4) is 0 Å². The third-order valence-electron chi connectivity index (χ3n) is 4.62. The fourth-order valence-corrected chi connectivity index (χ4v) is 3.00. The Morgan fingerprint density at radius 1 is 0.619 bits per heavy atom. The molecule has 0 bridgehead atoms. The second-order valence-corrected chi connectivity index (χ2v) is 6.66. The monoisotopic (exact) mass is 298 g/mol. The van der Waals surface area contributed by atoms with Gasteiger partial charge in [-0.25, -0.2) is 0 Å². The van der Waals surface area contributed by atoms with Gasteiger partial charge in [-0.05, 0) is 12.8 Å². The topological polar surface area (TPSA) is 34.3 Å². The molecule has 2 saturated heterocycles. The van der Waals surface area contributed by atoms with Crippen molar-refractivity contribution in [3.63, 3.8) is 0 Å². The fourth-order valence-electron chi connectivity index (χ4n) is 3.00.